The SMILES string of the molecule is CNc1c(Cl)ncnc1N1CCN(CCO)C(C)(C)C1. The molecule has 1 aromatic heterocycles. The van der Waals surface area contributed by atoms with E-state index in [1.807, 2.05) is 7.05 Å². The molecule has 20 heavy (non-hydrogen) atoms. The van der Waals surface area contributed by atoms with E-state index in [1.54, 1.807) is 0 Å². The van der Waals surface area contributed by atoms with Crippen LogP contribution in [0.15, 0.2) is 6.33 Å². The van der Waals surface area contributed by atoms with E-state index < -0.39 is 0 Å². The number of nitrogens with one attached hydrogen (secondary N) is 1. The van der Waals surface area contributed by atoms with Gasteiger partial charge in [-0.25, -0.2) is 9.97 Å². The van der Waals surface area contributed by atoms with Crippen LogP contribution in [0, 0.1) is 0 Å². The van der Waals surface area contributed by atoms with Gasteiger partial charge in [-0.05, 0) is 13.8 Å². The number of nitrogens with zero attached hydrogens (tertiary/aromatic N) is 4. The van der Waals surface area contributed by atoms with E-state index in [-0.39, 0.29) is 12.1 Å². The standard InChI is InChI=1S/C13H22ClN5O/c1-13(2)8-18(4-5-19(13)6-7-20)12-10(15-3)11(14)16-9-17-12/h9,15,20H,4-8H2,1-3H3. The van der Waals surface area contributed by atoms with Gasteiger partial charge in [-0.15, -0.1) is 0 Å². The fraction of sp³-hybridized carbons (Fsp3) is 0.692. The molecule has 1 aliphatic rings. The number of anilines is 2. The highest BCUT2D eigenvalue weighted by Gasteiger charge is 2.34. The quantitative estimate of drug-likeness (QED) is 0.811. The van der Waals surface area contributed by atoms with Gasteiger partial charge < -0.3 is 15.3 Å². The van der Waals surface area contributed by atoms with Crippen molar-refractivity contribution >= 4 is 23.1 Å². The van der Waals surface area contributed by atoms with E-state index in [2.05, 4.69) is 38.9 Å². The first-order valence-corrected chi connectivity index (χ1v) is 7.16. The molecular weight excluding hydrogens is 278 g/mol. The largest absolute Gasteiger partial charge is 0.395 e. The van der Waals surface area contributed by atoms with Gasteiger partial charge in [-0.1, -0.05) is 11.6 Å². The van der Waals surface area contributed by atoms with Crippen LogP contribution in [0.2, 0.25) is 5.15 Å². The fourth-order valence-electron chi connectivity index (χ4n) is 2.72. The molecule has 1 fully saturated rings. The second-order valence-corrected chi connectivity index (χ2v) is 5.92. The Morgan fingerprint density at radius 3 is 2.75 bits per heavy atom. The van der Waals surface area contributed by atoms with Crippen LogP contribution in [0.1, 0.15) is 13.8 Å². The topological polar surface area (TPSA) is 64.5 Å². The maximum Gasteiger partial charge on any atom is 0.157 e. The number of hydrogen-bond acceptors (Lipinski definition) is 6. The zero-order valence-corrected chi connectivity index (χ0v) is 13.0. The summed E-state index contributed by atoms with van der Waals surface area (Å²) in [6, 6.07) is 0. The van der Waals surface area contributed by atoms with Gasteiger partial charge in [-0.2, -0.15) is 0 Å². The first-order valence-electron chi connectivity index (χ1n) is 6.78. The predicted octanol–water partition coefficient (Wildman–Crippen LogP) is 1.06. The zero-order chi connectivity index (χ0) is 14.8. The third-order valence-electron chi connectivity index (χ3n) is 3.77. The van der Waals surface area contributed by atoms with Gasteiger partial charge in [0.25, 0.3) is 0 Å². The molecule has 1 aromatic rings. The van der Waals surface area contributed by atoms with E-state index in [0.29, 0.717) is 11.7 Å². The molecule has 112 valence electrons. The van der Waals surface area contributed by atoms with Crippen molar-refractivity contribution in [2.24, 2.45) is 0 Å². The van der Waals surface area contributed by atoms with Gasteiger partial charge in [0.05, 0.1) is 6.61 Å². The van der Waals surface area contributed by atoms with Crippen LogP contribution in [-0.4, -0.2) is 65.3 Å². The normalized spacial score (nSPS) is 19.1. The molecule has 6 nitrogen and oxygen atoms in total. The summed E-state index contributed by atoms with van der Waals surface area (Å²) in [7, 11) is 1.82. The summed E-state index contributed by atoms with van der Waals surface area (Å²) in [6.07, 6.45) is 1.49. The average Bonchev–Trinajstić information content (AvgIpc) is 2.40. The Hall–Kier alpha value is -1.11. The lowest BCUT2D eigenvalue weighted by molar-refractivity contribution is 0.0811. The van der Waals surface area contributed by atoms with Crippen LogP contribution in [-0.2, 0) is 0 Å². The second-order valence-electron chi connectivity index (χ2n) is 5.56. The zero-order valence-electron chi connectivity index (χ0n) is 12.2. The van der Waals surface area contributed by atoms with Crippen LogP contribution in [0.4, 0.5) is 11.5 Å². The molecule has 7 heteroatoms. The van der Waals surface area contributed by atoms with Gasteiger partial charge in [0.1, 0.15) is 12.0 Å². The van der Waals surface area contributed by atoms with Crippen molar-refractivity contribution in [2.45, 2.75) is 19.4 Å². The molecule has 0 unspecified atom stereocenters. The molecule has 0 amide bonds. The molecule has 1 saturated heterocycles. The van der Waals surface area contributed by atoms with Crippen molar-refractivity contribution in [1.82, 2.24) is 14.9 Å². The highest BCUT2D eigenvalue weighted by atomic mass is 35.5. The van der Waals surface area contributed by atoms with Crippen molar-refractivity contribution in [2.75, 3.05) is 50.1 Å². The van der Waals surface area contributed by atoms with Gasteiger partial charge in [0, 0.05) is 38.8 Å². The van der Waals surface area contributed by atoms with Gasteiger partial charge in [0.15, 0.2) is 11.0 Å². The Morgan fingerprint density at radius 2 is 2.15 bits per heavy atom. The van der Waals surface area contributed by atoms with Gasteiger partial charge in [-0.3, -0.25) is 4.90 Å². The van der Waals surface area contributed by atoms with Crippen molar-refractivity contribution in [1.29, 1.82) is 0 Å². The lowest BCUT2D eigenvalue weighted by Gasteiger charge is -2.47. The number of β-amino-alcohol motifs (C(OH)–C–C–N with tert-alkyl or cyclic N) is 1. The summed E-state index contributed by atoms with van der Waals surface area (Å²) in [4.78, 5) is 12.9. The Kier molecular flexibility index (Phi) is 4.67. The van der Waals surface area contributed by atoms with Gasteiger partial charge in [0.2, 0.25) is 0 Å². The Labute approximate surface area is 124 Å². The van der Waals surface area contributed by atoms with Crippen molar-refractivity contribution in [3.63, 3.8) is 0 Å². The monoisotopic (exact) mass is 299 g/mol. The van der Waals surface area contributed by atoms with Crippen LogP contribution in [0.3, 0.4) is 0 Å². The first-order chi connectivity index (χ1) is 9.49. The van der Waals surface area contributed by atoms with Gasteiger partial charge >= 0.3 is 0 Å². The van der Waals surface area contributed by atoms with Crippen molar-refractivity contribution < 1.29 is 5.11 Å². The van der Waals surface area contributed by atoms with Crippen molar-refractivity contribution in [3.8, 4) is 0 Å². The van der Waals surface area contributed by atoms with Crippen LogP contribution in [0.25, 0.3) is 0 Å². The maximum absolute atomic E-state index is 9.15. The van der Waals surface area contributed by atoms with E-state index in [9.17, 15) is 0 Å². The van der Waals surface area contributed by atoms with E-state index in [0.717, 1.165) is 31.1 Å². The Bertz CT molecular complexity index is 468. The highest BCUT2D eigenvalue weighted by molar-refractivity contribution is 6.32. The summed E-state index contributed by atoms with van der Waals surface area (Å²) in [6.45, 7) is 7.81. The summed E-state index contributed by atoms with van der Waals surface area (Å²) < 4.78 is 0. The average molecular weight is 300 g/mol. The minimum Gasteiger partial charge on any atom is -0.395 e. The molecular formula is C13H22ClN5O. The number of aliphatic hydroxyl groups excluding tert-OH is 1. The molecule has 0 spiro atoms. The van der Waals surface area contributed by atoms with Crippen molar-refractivity contribution in [3.05, 3.63) is 11.5 Å². The summed E-state index contributed by atoms with van der Waals surface area (Å²) in [5.74, 6) is 0.837. The summed E-state index contributed by atoms with van der Waals surface area (Å²) in [5, 5.41) is 12.7. The number of rotatable bonds is 4. The molecule has 0 aliphatic carbocycles. The summed E-state index contributed by atoms with van der Waals surface area (Å²) >= 11 is 6.11. The maximum atomic E-state index is 9.15. The Balaban J connectivity index is 2.22. The minimum atomic E-state index is -0.0244. The van der Waals surface area contributed by atoms with E-state index >= 15 is 0 Å². The predicted molar refractivity (Wildman–Crippen MR) is 81.5 cm³/mol. The molecule has 2 heterocycles. The molecule has 0 bridgehead atoms. The van der Waals surface area contributed by atoms with Crippen LogP contribution >= 0.6 is 11.6 Å². The number of halogens is 1. The Morgan fingerprint density at radius 1 is 1.40 bits per heavy atom. The van der Waals surface area contributed by atoms with Crippen LogP contribution in [0.5, 0.6) is 0 Å². The molecule has 0 radical (unpaired) electrons. The smallest absolute Gasteiger partial charge is 0.157 e. The number of aliphatic hydroxyl groups is 1. The third kappa shape index (κ3) is 2.97. The molecule has 1 aliphatic heterocycles. The third-order valence-corrected chi connectivity index (χ3v) is 4.06. The minimum absolute atomic E-state index is 0.0244. The lowest BCUT2D eigenvalue weighted by Crippen LogP contribution is -2.60. The number of piperazine rings is 1. The molecule has 0 aromatic carbocycles. The first kappa shape index (κ1) is 15.3. The lowest BCUT2D eigenvalue weighted by atomic mass is 9.98. The van der Waals surface area contributed by atoms with E-state index in [1.165, 1.54) is 6.33 Å². The van der Waals surface area contributed by atoms with Crippen LogP contribution < -0.4 is 10.2 Å². The fourth-order valence-corrected chi connectivity index (χ4v) is 2.94. The number of hydrogen-bond donors (Lipinski definition) is 2. The second kappa shape index (κ2) is 6.11. The molecule has 2 N–H and O–H groups in total. The summed E-state index contributed by atoms with van der Waals surface area (Å²) in [5.41, 5.74) is 0.740. The molecule has 0 atom stereocenters. The highest BCUT2D eigenvalue weighted by Crippen LogP contribution is 2.32. The molecule has 0 saturated carbocycles. The molecule has 2 rings (SSSR count). The number of aromatic nitrogens is 2. The van der Waals surface area contributed by atoms with E-state index in [4.69, 9.17) is 16.7 Å².